The summed E-state index contributed by atoms with van der Waals surface area (Å²) < 4.78 is 18.3. The van der Waals surface area contributed by atoms with Crippen molar-refractivity contribution in [1.29, 1.82) is 0 Å². The highest BCUT2D eigenvalue weighted by Crippen LogP contribution is 2.43. The summed E-state index contributed by atoms with van der Waals surface area (Å²) in [5.41, 5.74) is 3.52. The number of carbonyl (C=O) groups is 3. The second kappa shape index (κ2) is 16.4. The van der Waals surface area contributed by atoms with Gasteiger partial charge in [-0.1, -0.05) is 47.5 Å². The fourth-order valence-corrected chi connectivity index (χ4v) is 8.27. The van der Waals surface area contributed by atoms with Crippen LogP contribution in [0.25, 0.3) is 11.0 Å². The Morgan fingerprint density at radius 3 is 2.36 bits per heavy atom. The molecule has 55 heavy (non-hydrogen) atoms. The number of hydrogen-bond donors (Lipinski definition) is 0. The average molecular weight is 785 g/mol. The second-order valence-electron chi connectivity index (χ2n) is 14.3. The van der Waals surface area contributed by atoms with E-state index < -0.39 is 11.4 Å². The monoisotopic (exact) mass is 783 g/mol. The van der Waals surface area contributed by atoms with Gasteiger partial charge in [-0.15, -0.1) is 0 Å². The number of methoxy groups -OCH3 is 2. The lowest BCUT2D eigenvalue weighted by Gasteiger charge is -2.36. The van der Waals surface area contributed by atoms with E-state index in [1.165, 1.54) is 27.2 Å². The lowest BCUT2D eigenvalue weighted by atomic mass is 9.76. The van der Waals surface area contributed by atoms with Crippen LogP contribution in [-0.2, 0) is 16.8 Å². The average Bonchev–Trinajstić information content (AvgIpc) is 3.80. The number of imidazole rings is 1. The second-order valence-corrected chi connectivity index (χ2v) is 15.1. The van der Waals surface area contributed by atoms with Crippen LogP contribution in [0, 0.1) is 5.92 Å². The largest absolute Gasteiger partial charge is 0.493 e. The number of fused-ring (bicyclic) bond motifs is 1. The number of rotatable bonds is 12. The molecule has 2 aliphatic heterocycles. The Bertz CT molecular complexity index is 2220. The van der Waals surface area contributed by atoms with Gasteiger partial charge in [0.05, 0.1) is 47.5 Å². The predicted octanol–water partition coefficient (Wildman–Crippen LogP) is 7.50. The normalized spacial score (nSPS) is 17.7. The molecule has 0 bridgehead atoms. The maximum absolute atomic E-state index is 14.1. The molecule has 0 aliphatic carbocycles. The number of nitrogens with zero attached hydrogens (tertiary/aromatic N) is 5. The molecular formula is C42H43Cl2N5O6. The fourth-order valence-electron chi connectivity index (χ4n) is 7.97. The highest BCUT2D eigenvalue weighted by Gasteiger charge is 2.42. The SMILES string of the molecule is COc1cc(C(=O)N2CCC(CCN3CCC(C(=O)c4nc5ccccc5n4Cc4ccccn4)CC3)(c3ccc(Cl)c(Cl)c3)C2)cc(OC(C)=O)c1OC. The first-order valence-electron chi connectivity index (χ1n) is 18.4. The number of likely N-dealkylation sites (tertiary alicyclic amines) is 2. The first kappa shape index (κ1) is 38.3. The first-order valence-corrected chi connectivity index (χ1v) is 19.2. The van der Waals surface area contributed by atoms with Crippen molar-refractivity contribution in [3.63, 3.8) is 0 Å². The number of esters is 1. The van der Waals surface area contributed by atoms with Gasteiger partial charge in [-0.05, 0) is 99.4 Å². The molecule has 11 nitrogen and oxygen atoms in total. The van der Waals surface area contributed by atoms with Gasteiger partial charge in [0.15, 0.2) is 17.3 Å². The summed E-state index contributed by atoms with van der Waals surface area (Å²) in [6.07, 6.45) is 4.68. The van der Waals surface area contributed by atoms with E-state index in [1.807, 2.05) is 70.1 Å². The number of para-hydroxylation sites is 2. The highest BCUT2D eigenvalue weighted by molar-refractivity contribution is 6.42. The van der Waals surface area contributed by atoms with Crippen molar-refractivity contribution in [2.45, 2.75) is 44.6 Å². The lowest BCUT2D eigenvalue weighted by molar-refractivity contribution is -0.132. The topological polar surface area (TPSA) is 116 Å². The van der Waals surface area contributed by atoms with E-state index in [0.29, 0.717) is 47.5 Å². The molecule has 1 atom stereocenters. The molecule has 5 aromatic rings. The van der Waals surface area contributed by atoms with E-state index in [0.717, 1.165) is 61.2 Å². The summed E-state index contributed by atoms with van der Waals surface area (Å²) in [4.78, 5) is 53.6. The van der Waals surface area contributed by atoms with E-state index in [4.69, 9.17) is 42.4 Å². The Labute approximate surface area is 330 Å². The third-order valence-electron chi connectivity index (χ3n) is 10.9. The van der Waals surface area contributed by atoms with Crippen molar-refractivity contribution >= 4 is 51.9 Å². The van der Waals surface area contributed by atoms with Crippen molar-refractivity contribution in [1.82, 2.24) is 24.3 Å². The minimum Gasteiger partial charge on any atom is -0.493 e. The highest BCUT2D eigenvalue weighted by atomic mass is 35.5. The van der Waals surface area contributed by atoms with Gasteiger partial charge in [-0.25, -0.2) is 4.98 Å². The fraction of sp³-hybridized carbons (Fsp3) is 0.357. The number of amides is 1. The maximum atomic E-state index is 14.1. The number of carbonyl (C=O) groups excluding carboxylic acids is 3. The molecule has 7 rings (SSSR count). The van der Waals surface area contributed by atoms with Crippen molar-refractivity contribution in [3.05, 3.63) is 112 Å². The molecule has 3 aromatic carbocycles. The van der Waals surface area contributed by atoms with Gasteiger partial charge in [0.1, 0.15) is 0 Å². The van der Waals surface area contributed by atoms with Crippen LogP contribution in [0.1, 0.15) is 64.8 Å². The van der Waals surface area contributed by atoms with Crippen LogP contribution >= 0.6 is 23.2 Å². The molecule has 2 aromatic heterocycles. The smallest absolute Gasteiger partial charge is 0.308 e. The van der Waals surface area contributed by atoms with Gasteiger partial charge in [-0.2, -0.15) is 0 Å². The van der Waals surface area contributed by atoms with E-state index in [9.17, 15) is 14.4 Å². The van der Waals surface area contributed by atoms with E-state index in [2.05, 4.69) is 9.88 Å². The standard InChI is InChI=1S/C42H43Cl2N5O6/c1-27(50)55-37-23-29(22-36(53-2)39(37)54-3)41(52)48-21-16-42(26-48,30-11-12-32(43)33(44)24-30)15-20-47-18-13-28(14-19-47)38(51)40-46-34-9-4-5-10-35(34)49(40)25-31-8-6-7-17-45-31/h4-12,17,22-24,28H,13-16,18-21,25-26H2,1-3H3. The molecule has 0 saturated carbocycles. The third kappa shape index (κ3) is 8.06. The number of benzene rings is 3. The Balaban J connectivity index is 1.06. The molecule has 2 aliphatic rings. The molecule has 2 saturated heterocycles. The number of Topliss-reactive ketones (excluding diaryl/α,β-unsaturated/α-hetero) is 1. The van der Waals surface area contributed by atoms with Crippen LogP contribution < -0.4 is 14.2 Å². The lowest BCUT2D eigenvalue weighted by Crippen LogP contribution is -2.41. The van der Waals surface area contributed by atoms with Gasteiger partial charge in [-0.3, -0.25) is 19.4 Å². The summed E-state index contributed by atoms with van der Waals surface area (Å²) in [6, 6.07) is 22.5. The summed E-state index contributed by atoms with van der Waals surface area (Å²) in [6.45, 7) is 5.01. The van der Waals surface area contributed by atoms with Crippen LogP contribution in [0.4, 0.5) is 0 Å². The summed E-state index contributed by atoms with van der Waals surface area (Å²) in [7, 11) is 2.91. The number of piperidine rings is 1. The minimum absolute atomic E-state index is 0.0658. The minimum atomic E-state index is -0.543. The summed E-state index contributed by atoms with van der Waals surface area (Å²) in [5, 5.41) is 0.928. The van der Waals surface area contributed by atoms with Crippen molar-refractivity contribution in [2.75, 3.05) is 46.9 Å². The molecule has 0 N–H and O–H groups in total. The molecule has 4 heterocycles. The zero-order valence-corrected chi connectivity index (χ0v) is 32.6. The van der Waals surface area contributed by atoms with Crippen LogP contribution in [0.5, 0.6) is 17.2 Å². The number of ether oxygens (including phenoxy) is 3. The Morgan fingerprint density at radius 2 is 1.65 bits per heavy atom. The van der Waals surface area contributed by atoms with Crippen LogP contribution in [0.2, 0.25) is 10.0 Å². The van der Waals surface area contributed by atoms with Gasteiger partial charge in [0.25, 0.3) is 5.91 Å². The van der Waals surface area contributed by atoms with Crippen LogP contribution in [0.15, 0.2) is 79.0 Å². The first-order chi connectivity index (χ1) is 26.6. The molecule has 0 radical (unpaired) electrons. The molecular weight excluding hydrogens is 741 g/mol. The predicted molar refractivity (Wildman–Crippen MR) is 211 cm³/mol. The molecule has 2 fully saturated rings. The van der Waals surface area contributed by atoms with Crippen LogP contribution in [0.3, 0.4) is 0 Å². The van der Waals surface area contributed by atoms with Gasteiger partial charge in [0, 0.05) is 43.1 Å². The van der Waals surface area contributed by atoms with E-state index >= 15 is 0 Å². The molecule has 1 amide bonds. The number of halogens is 2. The van der Waals surface area contributed by atoms with Gasteiger partial charge >= 0.3 is 5.97 Å². The molecule has 286 valence electrons. The van der Waals surface area contributed by atoms with E-state index in [1.54, 1.807) is 12.3 Å². The Morgan fingerprint density at radius 1 is 0.891 bits per heavy atom. The number of ketones is 1. The molecule has 13 heteroatoms. The van der Waals surface area contributed by atoms with Crippen LogP contribution in [-0.4, -0.2) is 88.9 Å². The van der Waals surface area contributed by atoms with Crippen molar-refractivity contribution < 1.29 is 28.6 Å². The van der Waals surface area contributed by atoms with Gasteiger partial charge in [0.2, 0.25) is 11.5 Å². The Kier molecular flexibility index (Phi) is 11.4. The number of aromatic nitrogens is 3. The quantitative estimate of drug-likeness (QED) is 0.0721. The third-order valence-corrected chi connectivity index (χ3v) is 11.6. The zero-order valence-electron chi connectivity index (χ0n) is 31.1. The van der Waals surface area contributed by atoms with Crippen molar-refractivity contribution in [3.8, 4) is 17.2 Å². The molecule has 1 unspecified atom stereocenters. The number of hydrogen-bond acceptors (Lipinski definition) is 9. The van der Waals surface area contributed by atoms with E-state index in [-0.39, 0.29) is 34.9 Å². The van der Waals surface area contributed by atoms with Crippen molar-refractivity contribution in [2.24, 2.45) is 5.92 Å². The maximum Gasteiger partial charge on any atom is 0.308 e. The Hall–Kier alpha value is -4.97. The molecule has 0 spiro atoms. The van der Waals surface area contributed by atoms with Gasteiger partial charge < -0.3 is 28.6 Å². The number of pyridine rings is 1. The zero-order chi connectivity index (χ0) is 38.7. The summed E-state index contributed by atoms with van der Waals surface area (Å²) >= 11 is 12.9. The summed E-state index contributed by atoms with van der Waals surface area (Å²) in [5.74, 6) is 0.271.